The van der Waals surface area contributed by atoms with Gasteiger partial charge in [0, 0.05) is 37.0 Å². The molecule has 6 heteroatoms. The summed E-state index contributed by atoms with van der Waals surface area (Å²) < 4.78 is 0. The maximum atomic E-state index is 11.7. The van der Waals surface area contributed by atoms with Crippen LogP contribution in [0.15, 0.2) is 54.6 Å². The number of aryl methyl sites for hydroxylation is 1. The molecule has 0 fully saturated rings. The second-order valence-electron chi connectivity index (χ2n) is 5.27. The zero-order chi connectivity index (χ0) is 17.4. The van der Waals surface area contributed by atoms with Gasteiger partial charge >= 0.3 is 0 Å². The molecule has 0 bridgehead atoms. The smallest absolute Gasteiger partial charge is 0.269 e. The molecule has 0 unspecified atom stereocenters. The van der Waals surface area contributed by atoms with Crippen LogP contribution >= 0.6 is 0 Å². The Bertz CT molecular complexity index is 739. The second-order valence-corrected chi connectivity index (χ2v) is 5.27. The van der Waals surface area contributed by atoms with Gasteiger partial charge < -0.3 is 10.6 Å². The highest BCUT2D eigenvalue weighted by Crippen LogP contribution is 2.14. The van der Waals surface area contributed by atoms with E-state index in [4.69, 9.17) is 0 Å². The molecule has 0 saturated carbocycles. The van der Waals surface area contributed by atoms with E-state index < -0.39 is 4.92 Å². The molecule has 2 aromatic rings. The van der Waals surface area contributed by atoms with Crippen LogP contribution in [0.25, 0.3) is 6.08 Å². The molecule has 0 radical (unpaired) electrons. The average molecular weight is 325 g/mol. The van der Waals surface area contributed by atoms with E-state index in [0.29, 0.717) is 13.1 Å². The summed E-state index contributed by atoms with van der Waals surface area (Å²) in [5.74, 6) is -0.165. The summed E-state index contributed by atoms with van der Waals surface area (Å²) in [5.41, 5.74) is 2.94. The quantitative estimate of drug-likeness (QED) is 0.354. The Morgan fingerprint density at radius 2 is 1.92 bits per heavy atom. The SMILES string of the molecule is Cc1cccc(/C=C/C(=O)NCCNc2ccc([N+](=O)[O-])cc2)c1. The van der Waals surface area contributed by atoms with Gasteiger partial charge in [0.1, 0.15) is 0 Å². The van der Waals surface area contributed by atoms with Gasteiger partial charge in [-0.1, -0.05) is 29.8 Å². The van der Waals surface area contributed by atoms with Gasteiger partial charge in [-0.25, -0.2) is 0 Å². The maximum absolute atomic E-state index is 11.7. The maximum Gasteiger partial charge on any atom is 0.269 e. The van der Waals surface area contributed by atoms with E-state index in [1.165, 1.54) is 18.2 Å². The molecule has 1 amide bonds. The molecule has 0 aromatic heterocycles. The summed E-state index contributed by atoms with van der Waals surface area (Å²) in [4.78, 5) is 21.9. The van der Waals surface area contributed by atoms with Crippen molar-refractivity contribution in [3.63, 3.8) is 0 Å². The first-order chi connectivity index (χ1) is 11.5. The van der Waals surface area contributed by atoms with Crippen molar-refractivity contribution in [3.8, 4) is 0 Å². The van der Waals surface area contributed by atoms with E-state index in [1.807, 2.05) is 31.2 Å². The number of hydrogen-bond donors (Lipinski definition) is 2. The predicted octanol–water partition coefficient (Wildman–Crippen LogP) is 3.14. The minimum Gasteiger partial charge on any atom is -0.383 e. The number of nitro benzene ring substituents is 1. The first-order valence-corrected chi connectivity index (χ1v) is 7.55. The minimum absolute atomic E-state index is 0.0511. The van der Waals surface area contributed by atoms with Crippen LogP contribution in [0, 0.1) is 17.0 Å². The number of carbonyl (C=O) groups excluding carboxylic acids is 1. The Morgan fingerprint density at radius 1 is 1.17 bits per heavy atom. The second kappa shape index (κ2) is 8.47. The van der Waals surface area contributed by atoms with E-state index in [0.717, 1.165) is 16.8 Å². The lowest BCUT2D eigenvalue weighted by Crippen LogP contribution is -2.27. The number of hydrogen-bond acceptors (Lipinski definition) is 4. The molecule has 0 heterocycles. The number of rotatable bonds is 7. The highest BCUT2D eigenvalue weighted by atomic mass is 16.6. The number of non-ortho nitro benzene ring substituents is 1. The third-order valence-corrected chi connectivity index (χ3v) is 3.30. The molecule has 0 atom stereocenters. The topological polar surface area (TPSA) is 84.3 Å². The van der Waals surface area contributed by atoms with Crippen LogP contribution in [-0.4, -0.2) is 23.9 Å². The Hall–Kier alpha value is -3.15. The van der Waals surface area contributed by atoms with Gasteiger partial charge in [-0.15, -0.1) is 0 Å². The van der Waals surface area contributed by atoms with Crippen molar-refractivity contribution in [2.45, 2.75) is 6.92 Å². The standard InChI is InChI=1S/C18H19N3O3/c1-14-3-2-4-15(13-14)5-10-18(22)20-12-11-19-16-6-8-17(9-7-16)21(23)24/h2-10,13,19H,11-12H2,1H3,(H,20,22)/b10-5+. The normalized spacial score (nSPS) is 10.5. The molecule has 0 aliphatic heterocycles. The van der Waals surface area contributed by atoms with E-state index >= 15 is 0 Å². The number of carbonyl (C=O) groups is 1. The van der Waals surface area contributed by atoms with Crippen molar-refractivity contribution < 1.29 is 9.72 Å². The molecule has 0 aliphatic carbocycles. The van der Waals surface area contributed by atoms with Gasteiger partial charge in [-0.2, -0.15) is 0 Å². The van der Waals surface area contributed by atoms with E-state index in [2.05, 4.69) is 10.6 Å². The summed E-state index contributed by atoms with van der Waals surface area (Å²) in [6, 6.07) is 14.0. The van der Waals surface area contributed by atoms with Crippen molar-refractivity contribution in [3.05, 3.63) is 75.8 Å². The summed E-state index contributed by atoms with van der Waals surface area (Å²) >= 11 is 0. The largest absolute Gasteiger partial charge is 0.383 e. The van der Waals surface area contributed by atoms with Crippen molar-refractivity contribution in [2.75, 3.05) is 18.4 Å². The lowest BCUT2D eigenvalue weighted by molar-refractivity contribution is -0.384. The lowest BCUT2D eigenvalue weighted by Gasteiger charge is -2.06. The Labute approximate surface area is 140 Å². The van der Waals surface area contributed by atoms with Crippen LogP contribution in [0.4, 0.5) is 11.4 Å². The molecule has 24 heavy (non-hydrogen) atoms. The fourth-order valence-electron chi connectivity index (χ4n) is 2.10. The van der Waals surface area contributed by atoms with E-state index in [1.54, 1.807) is 18.2 Å². The number of amides is 1. The van der Waals surface area contributed by atoms with Gasteiger partial charge in [-0.05, 0) is 30.7 Å². The molecule has 0 aliphatic rings. The fraction of sp³-hybridized carbons (Fsp3) is 0.167. The highest BCUT2D eigenvalue weighted by molar-refractivity contribution is 5.91. The van der Waals surface area contributed by atoms with Crippen LogP contribution in [-0.2, 0) is 4.79 Å². The fourth-order valence-corrected chi connectivity index (χ4v) is 2.10. The van der Waals surface area contributed by atoms with Gasteiger partial charge in [0.25, 0.3) is 5.69 Å². The zero-order valence-corrected chi connectivity index (χ0v) is 13.4. The van der Waals surface area contributed by atoms with E-state index in [9.17, 15) is 14.9 Å². The molecule has 2 aromatic carbocycles. The Balaban J connectivity index is 1.71. The molecular formula is C18H19N3O3. The van der Waals surface area contributed by atoms with Crippen LogP contribution < -0.4 is 10.6 Å². The molecular weight excluding hydrogens is 306 g/mol. The third kappa shape index (κ3) is 5.57. The summed E-state index contributed by atoms with van der Waals surface area (Å²) in [5, 5.41) is 16.4. The molecule has 124 valence electrons. The van der Waals surface area contributed by atoms with Crippen LogP contribution in [0.5, 0.6) is 0 Å². The lowest BCUT2D eigenvalue weighted by atomic mass is 10.1. The first-order valence-electron chi connectivity index (χ1n) is 7.55. The van der Waals surface area contributed by atoms with Gasteiger partial charge in [0.2, 0.25) is 5.91 Å². The molecule has 2 N–H and O–H groups in total. The summed E-state index contributed by atoms with van der Waals surface area (Å²) in [7, 11) is 0. The Kier molecular flexibility index (Phi) is 6.08. The minimum atomic E-state index is -0.440. The number of anilines is 1. The van der Waals surface area contributed by atoms with Crippen LogP contribution in [0.3, 0.4) is 0 Å². The average Bonchev–Trinajstić information content (AvgIpc) is 2.57. The van der Waals surface area contributed by atoms with Crippen LogP contribution in [0.1, 0.15) is 11.1 Å². The van der Waals surface area contributed by atoms with Gasteiger partial charge in [0.05, 0.1) is 4.92 Å². The number of nitrogens with one attached hydrogen (secondary N) is 2. The van der Waals surface area contributed by atoms with Crippen molar-refractivity contribution in [2.24, 2.45) is 0 Å². The molecule has 6 nitrogen and oxygen atoms in total. The molecule has 2 rings (SSSR count). The number of benzene rings is 2. The summed E-state index contributed by atoms with van der Waals surface area (Å²) in [6.45, 7) is 2.98. The number of nitrogens with zero attached hydrogens (tertiary/aromatic N) is 1. The van der Waals surface area contributed by atoms with Crippen LogP contribution in [0.2, 0.25) is 0 Å². The monoisotopic (exact) mass is 325 g/mol. The van der Waals surface area contributed by atoms with E-state index in [-0.39, 0.29) is 11.6 Å². The first kappa shape index (κ1) is 17.2. The van der Waals surface area contributed by atoms with Crippen molar-refractivity contribution >= 4 is 23.4 Å². The van der Waals surface area contributed by atoms with Gasteiger partial charge in [-0.3, -0.25) is 14.9 Å². The molecule has 0 saturated heterocycles. The highest BCUT2D eigenvalue weighted by Gasteiger charge is 2.03. The van der Waals surface area contributed by atoms with Crippen molar-refractivity contribution in [1.82, 2.24) is 5.32 Å². The number of nitro groups is 1. The predicted molar refractivity (Wildman–Crippen MR) is 94.8 cm³/mol. The zero-order valence-electron chi connectivity index (χ0n) is 13.4. The van der Waals surface area contributed by atoms with Crippen molar-refractivity contribution in [1.29, 1.82) is 0 Å². The molecule has 0 spiro atoms. The van der Waals surface area contributed by atoms with Gasteiger partial charge in [0.15, 0.2) is 0 Å². The third-order valence-electron chi connectivity index (χ3n) is 3.30. The Morgan fingerprint density at radius 3 is 2.58 bits per heavy atom. The summed E-state index contributed by atoms with van der Waals surface area (Å²) in [6.07, 6.45) is 3.27.